The molecule has 0 bridgehead atoms. The van der Waals surface area contributed by atoms with Gasteiger partial charge in [-0.2, -0.15) is 0 Å². The minimum absolute atomic E-state index is 1.00. The summed E-state index contributed by atoms with van der Waals surface area (Å²) in [5.41, 5.74) is 3.89. The molecule has 4 heteroatoms. The Kier molecular flexibility index (Phi) is 1.71. The molecular weight excluding hydrogens is 176 g/mol. The summed E-state index contributed by atoms with van der Waals surface area (Å²) in [6, 6.07) is 5.96. The fraction of sp³-hybridized carbons (Fsp3) is 0. The van der Waals surface area contributed by atoms with Crippen molar-refractivity contribution in [2.24, 2.45) is 0 Å². The molecule has 1 aromatic carbocycles. The molecule has 56 valence electrons. The highest BCUT2D eigenvalue weighted by Gasteiger charge is 1.95. The van der Waals surface area contributed by atoms with Gasteiger partial charge in [0.2, 0.25) is 0 Å². The molecular formula is C7H6N2S2. The summed E-state index contributed by atoms with van der Waals surface area (Å²) in [4.78, 5) is 4.16. The lowest BCUT2D eigenvalue weighted by atomic mass is 10.3. The first-order chi connectivity index (χ1) is 5.40. The van der Waals surface area contributed by atoms with Crippen LogP contribution in [0.5, 0.6) is 0 Å². The van der Waals surface area contributed by atoms with Crippen molar-refractivity contribution >= 4 is 40.1 Å². The molecule has 0 radical (unpaired) electrons. The quantitative estimate of drug-likeness (QED) is 0.662. The minimum Gasteiger partial charge on any atom is -0.332 e. The Bertz CT molecular complexity index is 369. The van der Waals surface area contributed by atoms with Gasteiger partial charge in [-0.05, 0) is 18.2 Å². The molecule has 1 aromatic heterocycles. The first-order valence-electron chi connectivity index (χ1n) is 3.13. The van der Waals surface area contributed by atoms with Crippen molar-refractivity contribution in [2.45, 2.75) is 0 Å². The number of hydrogen-bond acceptors (Lipinski definition) is 4. The number of nitrogens with one attached hydrogen (secondary N) is 1. The predicted octanol–water partition coefficient (Wildman–Crippen LogP) is 2.55. The zero-order valence-electron chi connectivity index (χ0n) is 5.61. The van der Waals surface area contributed by atoms with Crippen LogP contribution in [0.15, 0.2) is 23.7 Å². The number of thiazole rings is 1. The molecule has 0 aliphatic rings. The van der Waals surface area contributed by atoms with Gasteiger partial charge in [-0.15, -0.1) is 11.3 Å². The fourth-order valence-corrected chi connectivity index (χ4v) is 1.78. The maximum atomic E-state index is 4.16. The van der Waals surface area contributed by atoms with Crippen LogP contribution in [0.1, 0.15) is 0 Å². The Morgan fingerprint density at radius 2 is 2.36 bits per heavy atom. The summed E-state index contributed by atoms with van der Waals surface area (Å²) in [6.45, 7) is 0. The molecule has 0 aliphatic heterocycles. The fourth-order valence-electron chi connectivity index (χ4n) is 0.925. The van der Waals surface area contributed by atoms with Crippen LogP contribution in [0.4, 0.5) is 5.69 Å². The van der Waals surface area contributed by atoms with E-state index < -0.39 is 0 Å². The van der Waals surface area contributed by atoms with Gasteiger partial charge in [-0.25, -0.2) is 4.98 Å². The second-order valence-electron chi connectivity index (χ2n) is 2.15. The van der Waals surface area contributed by atoms with Gasteiger partial charge < -0.3 is 4.72 Å². The zero-order chi connectivity index (χ0) is 7.68. The summed E-state index contributed by atoms with van der Waals surface area (Å²) in [5.74, 6) is 0. The lowest BCUT2D eigenvalue weighted by Gasteiger charge is -1.95. The summed E-state index contributed by atoms with van der Waals surface area (Å²) in [6.07, 6.45) is 0. The standard InChI is InChI=1S/C7H6N2S2/c10-9-5-1-2-6-7(3-5)11-4-8-6/h1-4,9-10H. The Hall–Kier alpha value is -0.740. The average Bonchev–Trinajstić information content (AvgIpc) is 2.50. The van der Waals surface area contributed by atoms with Crippen molar-refractivity contribution in [1.29, 1.82) is 0 Å². The van der Waals surface area contributed by atoms with Crippen molar-refractivity contribution in [3.05, 3.63) is 23.7 Å². The van der Waals surface area contributed by atoms with Gasteiger partial charge in [0.15, 0.2) is 0 Å². The number of aromatic nitrogens is 1. The van der Waals surface area contributed by atoms with Crippen molar-refractivity contribution in [3.8, 4) is 0 Å². The number of hydrogen-bond donors (Lipinski definition) is 2. The molecule has 0 saturated carbocycles. The Morgan fingerprint density at radius 1 is 1.45 bits per heavy atom. The first-order valence-corrected chi connectivity index (χ1v) is 4.46. The van der Waals surface area contributed by atoms with Crippen molar-refractivity contribution in [1.82, 2.24) is 4.98 Å². The molecule has 0 aliphatic carbocycles. The predicted molar refractivity (Wildman–Crippen MR) is 52.2 cm³/mol. The van der Waals surface area contributed by atoms with Gasteiger partial charge in [-0.1, -0.05) is 12.8 Å². The van der Waals surface area contributed by atoms with E-state index in [-0.39, 0.29) is 0 Å². The van der Waals surface area contributed by atoms with Crippen LogP contribution in [0.3, 0.4) is 0 Å². The van der Waals surface area contributed by atoms with Crippen LogP contribution in [-0.2, 0) is 0 Å². The minimum atomic E-state index is 1.00. The second kappa shape index (κ2) is 2.71. The van der Waals surface area contributed by atoms with Gasteiger partial charge in [0, 0.05) is 5.69 Å². The van der Waals surface area contributed by atoms with Crippen LogP contribution < -0.4 is 4.72 Å². The summed E-state index contributed by atoms with van der Waals surface area (Å²) >= 11 is 5.58. The molecule has 0 saturated heterocycles. The van der Waals surface area contributed by atoms with Gasteiger partial charge >= 0.3 is 0 Å². The molecule has 2 nitrogen and oxygen atoms in total. The zero-order valence-corrected chi connectivity index (χ0v) is 7.32. The van der Waals surface area contributed by atoms with E-state index >= 15 is 0 Å². The molecule has 1 heterocycles. The highest BCUT2D eigenvalue weighted by atomic mass is 32.1. The van der Waals surface area contributed by atoms with E-state index in [1.165, 1.54) is 4.70 Å². The molecule has 0 unspecified atom stereocenters. The monoisotopic (exact) mass is 182 g/mol. The maximum absolute atomic E-state index is 4.16. The smallest absolute Gasteiger partial charge is 0.0813 e. The van der Waals surface area contributed by atoms with E-state index in [0.717, 1.165) is 11.2 Å². The SMILES string of the molecule is SNc1ccc2ncsc2c1. The van der Waals surface area contributed by atoms with Gasteiger partial charge in [0.05, 0.1) is 15.7 Å². The third-order valence-corrected chi connectivity index (χ3v) is 2.51. The van der Waals surface area contributed by atoms with Gasteiger partial charge in [0.25, 0.3) is 0 Å². The third kappa shape index (κ3) is 1.19. The maximum Gasteiger partial charge on any atom is 0.0813 e. The molecule has 0 spiro atoms. The molecule has 2 aromatic rings. The van der Waals surface area contributed by atoms with E-state index in [1.54, 1.807) is 11.3 Å². The average molecular weight is 182 g/mol. The number of anilines is 1. The van der Waals surface area contributed by atoms with Crippen LogP contribution in [-0.4, -0.2) is 4.98 Å². The highest BCUT2D eigenvalue weighted by Crippen LogP contribution is 2.21. The van der Waals surface area contributed by atoms with Crippen LogP contribution in [0.2, 0.25) is 0 Å². The largest absolute Gasteiger partial charge is 0.332 e. The molecule has 11 heavy (non-hydrogen) atoms. The van der Waals surface area contributed by atoms with Crippen LogP contribution in [0, 0.1) is 0 Å². The number of thiol groups is 1. The number of fused-ring (bicyclic) bond motifs is 1. The molecule has 0 atom stereocenters. The van der Waals surface area contributed by atoms with E-state index in [9.17, 15) is 0 Å². The normalized spacial score (nSPS) is 10.3. The summed E-state index contributed by atoms with van der Waals surface area (Å²) in [7, 11) is 0. The number of rotatable bonds is 1. The van der Waals surface area contributed by atoms with Crippen molar-refractivity contribution in [2.75, 3.05) is 4.72 Å². The van der Waals surface area contributed by atoms with Gasteiger partial charge in [0.1, 0.15) is 0 Å². The number of nitrogens with zero attached hydrogens (tertiary/aromatic N) is 1. The van der Waals surface area contributed by atoms with Crippen molar-refractivity contribution < 1.29 is 0 Å². The van der Waals surface area contributed by atoms with Crippen molar-refractivity contribution in [3.63, 3.8) is 0 Å². The van der Waals surface area contributed by atoms with Crippen LogP contribution in [0.25, 0.3) is 10.2 Å². The van der Waals surface area contributed by atoms with E-state index in [4.69, 9.17) is 0 Å². The van der Waals surface area contributed by atoms with E-state index in [1.807, 2.05) is 23.7 Å². The second-order valence-corrected chi connectivity index (χ2v) is 3.26. The Balaban J connectivity index is 2.67. The Labute approximate surface area is 73.8 Å². The first kappa shape index (κ1) is 6.94. The Morgan fingerprint density at radius 3 is 3.18 bits per heavy atom. The topological polar surface area (TPSA) is 24.9 Å². The van der Waals surface area contributed by atoms with Gasteiger partial charge in [-0.3, -0.25) is 0 Å². The van der Waals surface area contributed by atoms with E-state index in [0.29, 0.717) is 0 Å². The molecule has 0 amide bonds. The summed E-state index contributed by atoms with van der Waals surface area (Å²) < 4.78 is 3.97. The van der Waals surface area contributed by atoms with Crippen LogP contribution >= 0.6 is 24.2 Å². The highest BCUT2D eigenvalue weighted by molar-refractivity contribution is 7.81. The molecule has 1 N–H and O–H groups in total. The molecule has 0 fully saturated rings. The third-order valence-electron chi connectivity index (χ3n) is 1.46. The summed E-state index contributed by atoms with van der Waals surface area (Å²) in [5, 5.41) is 0. The molecule has 2 rings (SSSR count). The lowest BCUT2D eigenvalue weighted by Crippen LogP contribution is -1.77. The lowest BCUT2D eigenvalue weighted by molar-refractivity contribution is 1.50. The van der Waals surface area contributed by atoms with E-state index in [2.05, 4.69) is 22.5 Å². The number of benzene rings is 1.